The van der Waals surface area contributed by atoms with E-state index in [1.165, 1.54) is 27.7 Å². The van der Waals surface area contributed by atoms with E-state index in [0.29, 0.717) is 0 Å². The highest BCUT2D eigenvalue weighted by Gasteiger charge is 2.63. The minimum atomic E-state index is -3.27. The molecule has 1 unspecified atom stereocenters. The van der Waals surface area contributed by atoms with Gasteiger partial charge in [-0.2, -0.15) is 0 Å². The SMILES string of the molecule is CCC(C(=O)OC(C)(C)C)C(C(=O)O)(C(=O)O)C(=O)O. The van der Waals surface area contributed by atoms with Gasteiger partial charge in [0.05, 0.1) is 5.92 Å². The van der Waals surface area contributed by atoms with E-state index in [1.807, 2.05) is 0 Å². The number of ether oxygens (including phenoxy) is 1. The van der Waals surface area contributed by atoms with Crippen molar-refractivity contribution in [3.63, 3.8) is 0 Å². The van der Waals surface area contributed by atoms with Gasteiger partial charge in [0.25, 0.3) is 5.41 Å². The van der Waals surface area contributed by atoms with Crippen molar-refractivity contribution in [3.8, 4) is 0 Å². The molecule has 0 radical (unpaired) electrons. The van der Waals surface area contributed by atoms with Crippen LogP contribution in [0.3, 0.4) is 0 Å². The summed E-state index contributed by atoms with van der Waals surface area (Å²) in [4.78, 5) is 45.6. The van der Waals surface area contributed by atoms with Gasteiger partial charge in [-0.1, -0.05) is 6.92 Å². The standard InChI is InChI=1S/C12H18O8/c1-5-6(7(13)20-11(2,3)4)12(8(14)15,9(16)17)10(18)19/h6H,5H2,1-4H3,(H,14,15)(H,16,17)(H,18,19). The number of carboxylic acids is 3. The molecule has 8 nitrogen and oxygen atoms in total. The maximum Gasteiger partial charge on any atom is 0.333 e. The smallest absolute Gasteiger partial charge is 0.333 e. The van der Waals surface area contributed by atoms with Crippen LogP contribution in [0.15, 0.2) is 0 Å². The minimum absolute atomic E-state index is 0.306. The van der Waals surface area contributed by atoms with Crippen molar-refractivity contribution in [3.05, 3.63) is 0 Å². The number of carbonyl (C=O) groups is 4. The Morgan fingerprint density at radius 3 is 1.50 bits per heavy atom. The normalized spacial score (nSPS) is 13.4. The molecule has 0 aromatic rings. The molecule has 0 aliphatic carbocycles. The number of carbonyl (C=O) groups excluding carboxylic acids is 1. The molecular formula is C12H18O8. The predicted molar refractivity (Wildman–Crippen MR) is 65.0 cm³/mol. The summed E-state index contributed by atoms with van der Waals surface area (Å²) in [6.07, 6.45) is -0.306. The summed E-state index contributed by atoms with van der Waals surface area (Å²) in [5.41, 5.74) is -4.26. The zero-order valence-electron chi connectivity index (χ0n) is 11.7. The molecule has 0 saturated heterocycles. The maximum absolute atomic E-state index is 11.9. The van der Waals surface area contributed by atoms with Gasteiger partial charge in [-0.25, -0.2) is 0 Å². The van der Waals surface area contributed by atoms with Crippen molar-refractivity contribution in [2.24, 2.45) is 11.3 Å². The first-order valence-corrected chi connectivity index (χ1v) is 5.84. The Morgan fingerprint density at radius 1 is 0.950 bits per heavy atom. The highest BCUT2D eigenvalue weighted by molar-refractivity contribution is 6.19. The Balaban J connectivity index is 5.87. The van der Waals surface area contributed by atoms with Crippen LogP contribution in [-0.2, 0) is 23.9 Å². The van der Waals surface area contributed by atoms with Gasteiger partial charge >= 0.3 is 23.9 Å². The average molecular weight is 290 g/mol. The summed E-state index contributed by atoms with van der Waals surface area (Å²) in [5, 5.41) is 27.1. The summed E-state index contributed by atoms with van der Waals surface area (Å²) in [7, 11) is 0. The third-order valence-electron chi connectivity index (χ3n) is 2.63. The maximum atomic E-state index is 11.9. The summed E-state index contributed by atoms with van der Waals surface area (Å²) in [6, 6.07) is 0. The van der Waals surface area contributed by atoms with Crippen molar-refractivity contribution < 1.29 is 39.2 Å². The highest BCUT2D eigenvalue weighted by Crippen LogP contribution is 2.34. The number of hydrogen-bond acceptors (Lipinski definition) is 5. The van der Waals surface area contributed by atoms with Gasteiger partial charge < -0.3 is 20.1 Å². The largest absolute Gasteiger partial charge is 0.480 e. The molecule has 0 rings (SSSR count). The van der Waals surface area contributed by atoms with Gasteiger partial charge in [0.15, 0.2) is 0 Å². The van der Waals surface area contributed by atoms with Crippen LogP contribution < -0.4 is 0 Å². The van der Waals surface area contributed by atoms with E-state index in [2.05, 4.69) is 0 Å². The lowest BCUT2D eigenvalue weighted by atomic mass is 9.73. The van der Waals surface area contributed by atoms with E-state index in [4.69, 9.17) is 20.1 Å². The summed E-state index contributed by atoms with van der Waals surface area (Å²) in [6.45, 7) is 5.82. The van der Waals surface area contributed by atoms with Crippen LogP contribution in [0.4, 0.5) is 0 Å². The zero-order valence-corrected chi connectivity index (χ0v) is 11.7. The van der Waals surface area contributed by atoms with Gasteiger partial charge in [-0.05, 0) is 27.2 Å². The third-order valence-corrected chi connectivity index (χ3v) is 2.63. The van der Waals surface area contributed by atoms with Crippen LogP contribution in [-0.4, -0.2) is 44.8 Å². The second-order valence-corrected chi connectivity index (χ2v) is 5.22. The van der Waals surface area contributed by atoms with E-state index >= 15 is 0 Å². The summed E-state index contributed by atoms with van der Waals surface area (Å²) < 4.78 is 4.92. The highest BCUT2D eigenvalue weighted by atomic mass is 16.6. The topological polar surface area (TPSA) is 138 Å². The Kier molecular flexibility index (Phi) is 5.27. The van der Waals surface area contributed by atoms with E-state index in [-0.39, 0.29) is 6.42 Å². The Morgan fingerprint density at radius 2 is 1.30 bits per heavy atom. The molecular weight excluding hydrogens is 272 g/mol. The van der Waals surface area contributed by atoms with Gasteiger partial charge in [0.1, 0.15) is 5.60 Å². The number of rotatable bonds is 6. The minimum Gasteiger partial charge on any atom is -0.480 e. The van der Waals surface area contributed by atoms with Crippen LogP contribution in [0.25, 0.3) is 0 Å². The van der Waals surface area contributed by atoms with Gasteiger partial charge in [0, 0.05) is 0 Å². The Labute approximate surface area is 115 Å². The number of carboxylic acid groups (broad SMARTS) is 3. The Bertz CT molecular complexity index is 395. The summed E-state index contributed by atoms with van der Waals surface area (Å²) in [5.74, 6) is -9.36. The first kappa shape index (κ1) is 17.9. The molecule has 0 fully saturated rings. The molecule has 8 heteroatoms. The molecule has 20 heavy (non-hydrogen) atoms. The van der Waals surface area contributed by atoms with Crippen molar-refractivity contribution in [2.45, 2.75) is 39.7 Å². The molecule has 0 heterocycles. The van der Waals surface area contributed by atoms with E-state index in [0.717, 1.165) is 0 Å². The fourth-order valence-electron chi connectivity index (χ4n) is 1.74. The third kappa shape index (κ3) is 3.25. The quantitative estimate of drug-likeness (QED) is 0.477. The molecule has 0 bridgehead atoms. The fourth-order valence-corrected chi connectivity index (χ4v) is 1.74. The van der Waals surface area contributed by atoms with Gasteiger partial charge in [-0.3, -0.25) is 19.2 Å². The van der Waals surface area contributed by atoms with Crippen LogP contribution in [0.5, 0.6) is 0 Å². The molecule has 0 aliphatic heterocycles. The van der Waals surface area contributed by atoms with Crippen LogP contribution in [0.1, 0.15) is 34.1 Å². The lowest BCUT2D eigenvalue weighted by molar-refractivity contribution is -0.190. The molecule has 1 atom stereocenters. The lowest BCUT2D eigenvalue weighted by Crippen LogP contribution is -2.55. The number of hydrogen-bond donors (Lipinski definition) is 3. The molecule has 114 valence electrons. The lowest BCUT2D eigenvalue weighted by Gasteiger charge is -2.30. The van der Waals surface area contributed by atoms with Crippen molar-refractivity contribution in [1.29, 1.82) is 0 Å². The van der Waals surface area contributed by atoms with Crippen molar-refractivity contribution in [2.75, 3.05) is 0 Å². The predicted octanol–water partition coefficient (Wildman–Crippen LogP) is 0.594. The molecule has 0 amide bonds. The number of aliphatic carboxylic acids is 3. The van der Waals surface area contributed by atoms with Crippen molar-refractivity contribution >= 4 is 23.9 Å². The van der Waals surface area contributed by atoms with Crippen LogP contribution in [0.2, 0.25) is 0 Å². The molecule has 0 spiro atoms. The monoisotopic (exact) mass is 290 g/mol. The van der Waals surface area contributed by atoms with E-state index in [9.17, 15) is 19.2 Å². The number of esters is 1. The molecule has 0 saturated carbocycles. The van der Waals surface area contributed by atoms with Crippen molar-refractivity contribution in [1.82, 2.24) is 0 Å². The Hall–Kier alpha value is -2.12. The van der Waals surface area contributed by atoms with Gasteiger partial charge in [-0.15, -0.1) is 0 Å². The first-order valence-electron chi connectivity index (χ1n) is 5.84. The molecule has 3 N–H and O–H groups in total. The zero-order chi connectivity index (χ0) is 16.3. The van der Waals surface area contributed by atoms with Crippen LogP contribution >= 0.6 is 0 Å². The molecule has 0 aromatic heterocycles. The fraction of sp³-hybridized carbons (Fsp3) is 0.667. The second kappa shape index (κ2) is 5.89. The molecule has 0 aromatic carbocycles. The molecule has 0 aliphatic rings. The first-order chi connectivity index (χ1) is 8.91. The van der Waals surface area contributed by atoms with Crippen LogP contribution in [0, 0.1) is 11.3 Å². The summed E-state index contributed by atoms with van der Waals surface area (Å²) >= 11 is 0. The second-order valence-electron chi connectivity index (χ2n) is 5.22. The average Bonchev–Trinajstić information content (AvgIpc) is 2.20. The van der Waals surface area contributed by atoms with E-state index in [1.54, 1.807) is 0 Å². The van der Waals surface area contributed by atoms with Gasteiger partial charge in [0.2, 0.25) is 0 Å². The van der Waals surface area contributed by atoms with E-state index < -0.39 is 40.8 Å².